The standard InChI is InChI=1S/C24H32N2O2S/c1-19(18-29-2)26-15-12-22(13-16-26)28-23-10-6-9-21(17-23)24(27)25-14-11-20-7-4-3-5-8-20/h3-10,17,19,22H,11-16,18H2,1-2H3,(H,25,27)/t19-/m0/s1. The normalized spacial score (nSPS) is 16.3. The van der Waals surface area contributed by atoms with Gasteiger partial charge in [-0.15, -0.1) is 0 Å². The second kappa shape index (κ2) is 11.3. The number of rotatable bonds is 9. The number of nitrogens with zero attached hydrogens (tertiary/aromatic N) is 1. The van der Waals surface area contributed by atoms with Gasteiger partial charge in [0.15, 0.2) is 0 Å². The molecule has 156 valence electrons. The molecule has 0 aliphatic carbocycles. The lowest BCUT2D eigenvalue weighted by atomic mass is 10.1. The molecular weight excluding hydrogens is 380 g/mol. The van der Waals surface area contributed by atoms with Crippen LogP contribution in [-0.4, -0.2) is 54.6 Å². The monoisotopic (exact) mass is 412 g/mol. The van der Waals surface area contributed by atoms with Gasteiger partial charge in [-0.05, 0) is 56.2 Å². The van der Waals surface area contributed by atoms with Crippen LogP contribution in [0.2, 0.25) is 0 Å². The van der Waals surface area contributed by atoms with Gasteiger partial charge < -0.3 is 10.1 Å². The van der Waals surface area contributed by atoms with Gasteiger partial charge in [-0.25, -0.2) is 0 Å². The van der Waals surface area contributed by atoms with Crippen molar-refractivity contribution in [3.05, 3.63) is 65.7 Å². The fourth-order valence-corrected chi connectivity index (χ4v) is 4.44. The quantitative estimate of drug-likeness (QED) is 0.668. The molecule has 29 heavy (non-hydrogen) atoms. The number of carbonyl (C=O) groups excluding carboxylic acids is 1. The molecule has 2 aromatic carbocycles. The molecule has 1 amide bonds. The Balaban J connectivity index is 1.46. The fourth-order valence-electron chi connectivity index (χ4n) is 3.75. The minimum atomic E-state index is -0.0490. The average molecular weight is 413 g/mol. The molecule has 0 unspecified atom stereocenters. The SMILES string of the molecule is CSC[C@H](C)N1CCC(Oc2cccc(C(=O)NCCc3ccccc3)c2)CC1. The minimum absolute atomic E-state index is 0.0490. The molecule has 0 radical (unpaired) electrons. The van der Waals surface area contributed by atoms with E-state index < -0.39 is 0 Å². The number of piperidine rings is 1. The lowest BCUT2D eigenvalue weighted by Gasteiger charge is -2.35. The summed E-state index contributed by atoms with van der Waals surface area (Å²) >= 11 is 1.90. The van der Waals surface area contributed by atoms with E-state index in [1.165, 1.54) is 11.3 Å². The van der Waals surface area contributed by atoms with Gasteiger partial charge >= 0.3 is 0 Å². The van der Waals surface area contributed by atoms with Crippen LogP contribution in [0.15, 0.2) is 54.6 Å². The topological polar surface area (TPSA) is 41.6 Å². The minimum Gasteiger partial charge on any atom is -0.490 e. The number of ether oxygens (including phenoxy) is 1. The Hall–Kier alpha value is -1.98. The Kier molecular flexibility index (Phi) is 8.44. The highest BCUT2D eigenvalue weighted by atomic mass is 32.2. The summed E-state index contributed by atoms with van der Waals surface area (Å²) in [5.41, 5.74) is 1.88. The van der Waals surface area contributed by atoms with E-state index in [1.807, 2.05) is 54.2 Å². The van der Waals surface area contributed by atoms with Crippen molar-refractivity contribution >= 4 is 17.7 Å². The first-order valence-electron chi connectivity index (χ1n) is 10.5. The number of hydrogen-bond acceptors (Lipinski definition) is 4. The first-order chi connectivity index (χ1) is 14.2. The predicted molar refractivity (Wildman–Crippen MR) is 122 cm³/mol. The number of thioether (sulfide) groups is 1. The zero-order valence-corrected chi connectivity index (χ0v) is 18.3. The Morgan fingerprint density at radius 1 is 1.17 bits per heavy atom. The molecule has 1 N–H and O–H groups in total. The zero-order valence-electron chi connectivity index (χ0n) is 17.5. The highest BCUT2D eigenvalue weighted by Gasteiger charge is 2.23. The third-order valence-electron chi connectivity index (χ3n) is 5.45. The van der Waals surface area contributed by atoms with E-state index in [9.17, 15) is 4.79 Å². The summed E-state index contributed by atoms with van der Waals surface area (Å²) in [6.45, 7) is 5.08. The first kappa shape index (κ1) is 21.7. The van der Waals surface area contributed by atoms with Crippen LogP contribution in [0.1, 0.15) is 35.7 Å². The Morgan fingerprint density at radius 2 is 1.93 bits per heavy atom. The van der Waals surface area contributed by atoms with Crippen LogP contribution < -0.4 is 10.1 Å². The van der Waals surface area contributed by atoms with Gasteiger partial charge in [0.2, 0.25) is 0 Å². The summed E-state index contributed by atoms with van der Waals surface area (Å²) in [4.78, 5) is 15.0. The maximum atomic E-state index is 12.5. The molecule has 1 heterocycles. The first-order valence-corrected chi connectivity index (χ1v) is 11.9. The van der Waals surface area contributed by atoms with Crippen LogP contribution in [0.3, 0.4) is 0 Å². The number of amides is 1. The summed E-state index contributed by atoms with van der Waals surface area (Å²) in [7, 11) is 0. The smallest absolute Gasteiger partial charge is 0.251 e. The third-order valence-corrected chi connectivity index (χ3v) is 6.26. The average Bonchev–Trinajstić information content (AvgIpc) is 2.75. The number of hydrogen-bond donors (Lipinski definition) is 1. The Bertz CT molecular complexity index is 760. The van der Waals surface area contributed by atoms with E-state index in [0.717, 1.165) is 38.1 Å². The Labute approximate surface area is 179 Å². The van der Waals surface area contributed by atoms with Crippen LogP contribution in [-0.2, 0) is 6.42 Å². The van der Waals surface area contributed by atoms with Crippen LogP contribution >= 0.6 is 11.8 Å². The van der Waals surface area contributed by atoms with Crippen molar-refractivity contribution in [1.29, 1.82) is 0 Å². The summed E-state index contributed by atoms with van der Waals surface area (Å²) in [6, 6.07) is 18.4. The summed E-state index contributed by atoms with van der Waals surface area (Å²) in [5, 5.41) is 3.01. The van der Waals surface area contributed by atoms with Crippen molar-refractivity contribution in [2.24, 2.45) is 0 Å². The van der Waals surface area contributed by atoms with Crippen molar-refractivity contribution in [2.75, 3.05) is 31.6 Å². The highest BCUT2D eigenvalue weighted by molar-refractivity contribution is 7.98. The molecule has 0 saturated carbocycles. The van der Waals surface area contributed by atoms with Gasteiger partial charge in [0.25, 0.3) is 5.91 Å². The lowest BCUT2D eigenvalue weighted by Crippen LogP contribution is -2.43. The van der Waals surface area contributed by atoms with Crippen LogP contribution in [0.25, 0.3) is 0 Å². The molecule has 3 rings (SSSR count). The van der Waals surface area contributed by atoms with Crippen molar-refractivity contribution < 1.29 is 9.53 Å². The number of carbonyl (C=O) groups is 1. The summed E-state index contributed by atoms with van der Waals surface area (Å²) < 4.78 is 6.20. The number of benzene rings is 2. The van der Waals surface area contributed by atoms with E-state index in [0.29, 0.717) is 18.2 Å². The van der Waals surface area contributed by atoms with Gasteiger partial charge in [-0.2, -0.15) is 11.8 Å². The van der Waals surface area contributed by atoms with Crippen molar-refractivity contribution in [1.82, 2.24) is 10.2 Å². The van der Waals surface area contributed by atoms with Crippen molar-refractivity contribution in [2.45, 2.75) is 38.3 Å². The van der Waals surface area contributed by atoms with Crippen molar-refractivity contribution in [3.8, 4) is 5.75 Å². The van der Waals surface area contributed by atoms with Crippen LogP contribution in [0.5, 0.6) is 5.75 Å². The molecule has 2 aromatic rings. The molecular formula is C24H32N2O2S. The van der Waals surface area contributed by atoms with E-state index in [2.05, 4.69) is 35.5 Å². The zero-order chi connectivity index (χ0) is 20.5. The Morgan fingerprint density at radius 3 is 2.66 bits per heavy atom. The molecule has 1 aliphatic heterocycles. The molecule has 0 aromatic heterocycles. The van der Waals surface area contributed by atoms with E-state index in [1.54, 1.807) is 0 Å². The molecule has 1 aliphatic rings. The van der Waals surface area contributed by atoms with Crippen LogP contribution in [0, 0.1) is 0 Å². The number of likely N-dealkylation sites (tertiary alicyclic amines) is 1. The lowest BCUT2D eigenvalue weighted by molar-refractivity contribution is 0.0849. The van der Waals surface area contributed by atoms with Gasteiger partial charge in [0, 0.05) is 37.0 Å². The molecule has 1 atom stereocenters. The maximum absolute atomic E-state index is 12.5. The number of nitrogens with one attached hydrogen (secondary N) is 1. The molecule has 4 nitrogen and oxygen atoms in total. The highest BCUT2D eigenvalue weighted by Crippen LogP contribution is 2.22. The molecule has 5 heteroatoms. The van der Waals surface area contributed by atoms with Gasteiger partial charge in [-0.1, -0.05) is 36.4 Å². The second-order valence-corrected chi connectivity index (χ2v) is 8.59. The fraction of sp³-hybridized carbons (Fsp3) is 0.458. The van der Waals surface area contributed by atoms with E-state index in [-0.39, 0.29) is 12.0 Å². The maximum Gasteiger partial charge on any atom is 0.251 e. The summed E-state index contributed by atoms with van der Waals surface area (Å²) in [6.07, 6.45) is 5.29. The predicted octanol–water partition coefficient (Wildman–Crippen LogP) is 4.25. The molecule has 0 spiro atoms. The third kappa shape index (κ3) is 6.79. The van der Waals surface area contributed by atoms with Crippen LogP contribution in [0.4, 0.5) is 0 Å². The van der Waals surface area contributed by atoms with E-state index >= 15 is 0 Å². The second-order valence-electron chi connectivity index (χ2n) is 7.68. The van der Waals surface area contributed by atoms with E-state index in [4.69, 9.17) is 4.74 Å². The largest absolute Gasteiger partial charge is 0.490 e. The van der Waals surface area contributed by atoms with Gasteiger partial charge in [0.1, 0.15) is 11.9 Å². The summed E-state index contributed by atoms with van der Waals surface area (Å²) in [5.74, 6) is 1.91. The molecule has 0 bridgehead atoms. The van der Waals surface area contributed by atoms with Gasteiger partial charge in [-0.3, -0.25) is 9.69 Å². The molecule has 1 saturated heterocycles. The van der Waals surface area contributed by atoms with Gasteiger partial charge in [0.05, 0.1) is 0 Å². The van der Waals surface area contributed by atoms with Crippen molar-refractivity contribution in [3.63, 3.8) is 0 Å². The molecule has 1 fully saturated rings.